The van der Waals surface area contributed by atoms with E-state index in [9.17, 15) is 4.79 Å². The van der Waals surface area contributed by atoms with Crippen LogP contribution in [-0.4, -0.2) is 16.2 Å². The molecular weight excluding hydrogens is 264 g/mol. The van der Waals surface area contributed by atoms with Crippen LogP contribution in [-0.2, 0) is 6.54 Å². The molecule has 0 unspecified atom stereocenters. The van der Waals surface area contributed by atoms with E-state index >= 15 is 0 Å². The second kappa shape index (κ2) is 5.87. The average Bonchev–Trinajstić information content (AvgIpc) is 2.81. The summed E-state index contributed by atoms with van der Waals surface area (Å²) in [6, 6.07) is 15.7. The van der Waals surface area contributed by atoms with Gasteiger partial charge in [0.25, 0.3) is 0 Å². The van der Waals surface area contributed by atoms with Crippen molar-refractivity contribution in [3.63, 3.8) is 0 Å². The Labute approximate surface area is 123 Å². The first-order valence-electron chi connectivity index (χ1n) is 7.12. The number of H-pyrrole nitrogens is 1. The molecule has 4 nitrogen and oxygen atoms in total. The molecule has 1 heterocycles. The maximum Gasteiger partial charge on any atom is 0.326 e. The molecule has 21 heavy (non-hydrogen) atoms. The number of benzene rings is 2. The summed E-state index contributed by atoms with van der Waals surface area (Å²) in [5, 5.41) is 0. The van der Waals surface area contributed by atoms with E-state index in [4.69, 9.17) is 4.74 Å². The van der Waals surface area contributed by atoms with Crippen molar-refractivity contribution in [3.8, 4) is 5.75 Å². The molecular formula is C17H18N2O2. The smallest absolute Gasteiger partial charge is 0.326 e. The zero-order chi connectivity index (χ0) is 14.7. The largest absolute Gasteiger partial charge is 0.493 e. The van der Waals surface area contributed by atoms with Crippen LogP contribution in [0.25, 0.3) is 11.0 Å². The first kappa shape index (κ1) is 13.5. The van der Waals surface area contributed by atoms with Gasteiger partial charge in [-0.15, -0.1) is 0 Å². The van der Waals surface area contributed by atoms with Gasteiger partial charge in [-0.3, -0.25) is 4.57 Å². The lowest BCUT2D eigenvalue weighted by Gasteiger charge is -2.09. The van der Waals surface area contributed by atoms with Gasteiger partial charge >= 0.3 is 5.69 Å². The maximum atomic E-state index is 11.9. The molecule has 0 bridgehead atoms. The number of nitrogens with zero attached hydrogens (tertiary/aromatic N) is 1. The third-order valence-electron chi connectivity index (χ3n) is 3.56. The molecule has 108 valence electrons. The lowest BCUT2D eigenvalue weighted by Crippen LogP contribution is -2.18. The minimum Gasteiger partial charge on any atom is -0.493 e. The first-order chi connectivity index (χ1) is 10.3. The van der Waals surface area contributed by atoms with Crippen LogP contribution in [0.1, 0.15) is 12.0 Å². The number of nitrogens with one attached hydrogen (secondary N) is 1. The second-order valence-electron chi connectivity index (χ2n) is 5.07. The van der Waals surface area contributed by atoms with Crippen LogP contribution in [0.3, 0.4) is 0 Å². The van der Waals surface area contributed by atoms with Crippen molar-refractivity contribution in [2.24, 2.45) is 0 Å². The van der Waals surface area contributed by atoms with E-state index in [-0.39, 0.29) is 5.69 Å². The van der Waals surface area contributed by atoms with Gasteiger partial charge in [0, 0.05) is 6.54 Å². The number of ether oxygens (including phenoxy) is 1. The molecule has 0 atom stereocenters. The molecule has 4 heteroatoms. The van der Waals surface area contributed by atoms with Gasteiger partial charge in [-0.05, 0) is 37.1 Å². The molecule has 0 radical (unpaired) electrons. The van der Waals surface area contributed by atoms with Gasteiger partial charge in [-0.25, -0.2) is 4.79 Å². The molecule has 0 aliphatic heterocycles. The third kappa shape index (κ3) is 2.84. The van der Waals surface area contributed by atoms with Crippen LogP contribution in [0, 0.1) is 6.92 Å². The van der Waals surface area contributed by atoms with Crippen molar-refractivity contribution < 1.29 is 4.74 Å². The van der Waals surface area contributed by atoms with Gasteiger partial charge in [0.1, 0.15) is 5.75 Å². The first-order valence-corrected chi connectivity index (χ1v) is 7.12. The number of aromatic nitrogens is 2. The monoisotopic (exact) mass is 282 g/mol. The molecule has 0 saturated carbocycles. The topological polar surface area (TPSA) is 47.0 Å². The van der Waals surface area contributed by atoms with E-state index in [0.29, 0.717) is 13.2 Å². The summed E-state index contributed by atoms with van der Waals surface area (Å²) in [5.74, 6) is 0.906. The Bertz CT molecular complexity index is 802. The van der Waals surface area contributed by atoms with Crippen molar-refractivity contribution in [2.75, 3.05) is 6.61 Å². The Hall–Kier alpha value is -2.49. The predicted octanol–water partition coefficient (Wildman–Crippen LogP) is 3.11. The maximum absolute atomic E-state index is 11.9. The summed E-state index contributed by atoms with van der Waals surface area (Å²) >= 11 is 0. The van der Waals surface area contributed by atoms with Gasteiger partial charge in [0.05, 0.1) is 17.6 Å². The molecule has 0 aliphatic carbocycles. The molecule has 2 aromatic carbocycles. The Kier molecular flexibility index (Phi) is 3.77. The zero-order valence-corrected chi connectivity index (χ0v) is 12.0. The number of rotatable bonds is 5. The van der Waals surface area contributed by atoms with E-state index in [1.165, 1.54) is 0 Å². The van der Waals surface area contributed by atoms with Crippen molar-refractivity contribution in [3.05, 3.63) is 64.6 Å². The third-order valence-corrected chi connectivity index (χ3v) is 3.56. The standard InChI is InChI=1S/C17H18N2O2/c1-13-7-2-5-10-16(13)21-12-6-11-19-15-9-4-3-8-14(15)18-17(19)20/h2-5,7-10H,6,11-12H2,1H3,(H,18,20). The number of fused-ring (bicyclic) bond motifs is 1. The number of hydrogen-bond acceptors (Lipinski definition) is 2. The summed E-state index contributed by atoms with van der Waals surface area (Å²) in [6.07, 6.45) is 0.788. The van der Waals surface area contributed by atoms with Gasteiger partial charge < -0.3 is 9.72 Å². The number of para-hydroxylation sites is 3. The Balaban J connectivity index is 1.64. The molecule has 0 spiro atoms. The van der Waals surface area contributed by atoms with Crippen LogP contribution < -0.4 is 10.4 Å². The number of aryl methyl sites for hydroxylation is 2. The second-order valence-corrected chi connectivity index (χ2v) is 5.07. The fourth-order valence-corrected chi connectivity index (χ4v) is 2.45. The Morgan fingerprint density at radius 1 is 1.10 bits per heavy atom. The highest BCUT2D eigenvalue weighted by Crippen LogP contribution is 2.16. The van der Waals surface area contributed by atoms with E-state index in [2.05, 4.69) is 4.98 Å². The summed E-state index contributed by atoms with van der Waals surface area (Å²) in [6.45, 7) is 3.27. The highest BCUT2D eigenvalue weighted by molar-refractivity contribution is 5.74. The number of aromatic amines is 1. The summed E-state index contributed by atoms with van der Waals surface area (Å²) in [4.78, 5) is 14.8. The summed E-state index contributed by atoms with van der Waals surface area (Å²) in [7, 11) is 0. The molecule has 3 rings (SSSR count). The van der Waals surface area contributed by atoms with Gasteiger partial charge in [-0.2, -0.15) is 0 Å². The molecule has 1 N–H and O–H groups in total. The van der Waals surface area contributed by atoms with Crippen LogP contribution in [0.15, 0.2) is 53.3 Å². The van der Waals surface area contributed by atoms with E-state index in [1.54, 1.807) is 4.57 Å². The summed E-state index contributed by atoms with van der Waals surface area (Å²) in [5.41, 5.74) is 2.88. The fraction of sp³-hybridized carbons (Fsp3) is 0.235. The summed E-state index contributed by atoms with van der Waals surface area (Å²) < 4.78 is 7.52. The molecule has 0 saturated heterocycles. The Morgan fingerprint density at radius 3 is 2.71 bits per heavy atom. The highest BCUT2D eigenvalue weighted by Gasteiger charge is 2.05. The lowest BCUT2D eigenvalue weighted by molar-refractivity contribution is 0.300. The molecule has 1 aromatic heterocycles. The van der Waals surface area contributed by atoms with Gasteiger partial charge in [-0.1, -0.05) is 30.3 Å². The quantitative estimate of drug-likeness (QED) is 0.731. The van der Waals surface area contributed by atoms with Crippen LogP contribution in [0.5, 0.6) is 5.75 Å². The SMILES string of the molecule is Cc1ccccc1OCCCn1c(=O)[nH]c2ccccc21. The van der Waals surface area contributed by atoms with Crippen molar-refractivity contribution in [1.29, 1.82) is 0 Å². The Morgan fingerprint density at radius 2 is 1.86 bits per heavy atom. The van der Waals surface area contributed by atoms with Crippen molar-refractivity contribution in [1.82, 2.24) is 9.55 Å². The minimum atomic E-state index is -0.0629. The fourth-order valence-electron chi connectivity index (χ4n) is 2.45. The molecule has 3 aromatic rings. The van der Waals surface area contributed by atoms with Crippen molar-refractivity contribution in [2.45, 2.75) is 19.9 Å². The van der Waals surface area contributed by atoms with E-state index in [0.717, 1.165) is 28.8 Å². The predicted molar refractivity (Wildman–Crippen MR) is 83.8 cm³/mol. The van der Waals surface area contributed by atoms with Gasteiger partial charge in [0.15, 0.2) is 0 Å². The lowest BCUT2D eigenvalue weighted by atomic mass is 10.2. The van der Waals surface area contributed by atoms with Gasteiger partial charge in [0.2, 0.25) is 0 Å². The van der Waals surface area contributed by atoms with Crippen LogP contribution in [0.4, 0.5) is 0 Å². The van der Waals surface area contributed by atoms with E-state index in [1.807, 2.05) is 55.5 Å². The highest BCUT2D eigenvalue weighted by atomic mass is 16.5. The average molecular weight is 282 g/mol. The zero-order valence-electron chi connectivity index (χ0n) is 12.0. The molecule has 0 fully saturated rings. The van der Waals surface area contributed by atoms with Crippen LogP contribution in [0.2, 0.25) is 0 Å². The van der Waals surface area contributed by atoms with Crippen LogP contribution >= 0.6 is 0 Å². The number of imidazole rings is 1. The normalized spacial score (nSPS) is 10.9. The minimum absolute atomic E-state index is 0.0629. The molecule has 0 amide bonds. The van der Waals surface area contributed by atoms with E-state index < -0.39 is 0 Å². The van der Waals surface area contributed by atoms with Crippen molar-refractivity contribution >= 4 is 11.0 Å². The molecule has 0 aliphatic rings. The number of hydrogen-bond donors (Lipinski definition) is 1.